The molecule has 2 N–H and O–H groups in total. The number of hydrogen-bond acceptors (Lipinski definition) is 8. The zero-order valence-corrected chi connectivity index (χ0v) is 18.7. The number of ether oxygens (including phenoxy) is 1. The van der Waals surface area contributed by atoms with E-state index >= 15 is 0 Å². The molecule has 0 bridgehead atoms. The molecule has 0 spiro atoms. The van der Waals surface area contributed by atoms with Crippen LogP contribution in [0.4, 0.5) is 0 Å². The molecule has 0 unspecified atom stereocenters. The minimum absolute atomic E-state index is 0.00619. The fourth-order valence-electron chi connectivity index (χ4n) is 4.42. The average molecular weight is 453 g/mol. The van der Waals surface area contributed by atoms with Gasteiger partial charge >= 0.3 is 5.97 Å². The van der Waals surface area contributed by atoms with Crippen LogP contribution in [0.25, 0.3) is 0 Å². The van der Waals surface area contributed by atoms with Gasteiger partial charge in [-0.2, -0.15) is 0 Å². The lowest BCUT2D eigenvalue weighted by atomic mass is 9.82. The number of carbonyl (C=O) groups excluding carboxylic acids is 3. The Bertz CT molecular complexity index is 1090. The summed E-state index contributed by atoms with van der Waals surface area (Å²) in [5.74, 6) is -2.67. The molecule has 1 aliphatic heterocycles. The molecule has 2 aromatic rings. The molecule has 0 amide bonds. The molecule has 4 rings (SSSR count). The van der Waals surface area contributed by atoms with Crippen LogP contribution in [0.1, 0.15) is 62.0 Å². The lowest BCUT2D eigenvalue weighted by molar-refractivity contribution is 0.0491. The summed E-state index contributed by atoms with van der Waals surface area (Å²) in [7, 11) is 0. The van der Waals surface area contributed by atoms with Gasteiger partial charge in [0, 0.05) is 37.3 Å². The Morgan fingerprint density at radius 2 is 1.61 bits per heavy atom. The van der Waals surface area contributed by atoms with Crippen molar-refractivity contribution in [3.05, 3.63) is 58.1 Å². The SMILES string of the molecule is CCN1CCN(CCCCOC(=O)c2cc(O)c3c(c2)C(=O)c2cccc(O)c2C3=O)CC1. The van der Waals surface area contributed by atoms with Gasteiger partial charge in [0.15, 0.2) is 5.78 Å². The first kappa shape index (κ1) is 22.9. The molecule has 0 saturated carbocycles. The van der Waals surface area contributed by atoms with Crippen molar-refractivity contribution in [2.75, 3.05) is 45.9 Å². The molecule has 2 aliphatic rings. The third-order valence-electron chi connectivity index (χ3n) is 6.35. The topological polar surface area (TPSA) is 107 Å². The number of piperazine rings is 1. The molecule has 0 aromatic heterocycles. The zero-order chi connectivity index (χ0) is 23.5. The lowest BCUT2D eigenvalue weighted by Crippen LogP contribution is -2.46. The van der Waals surface area contributed by atoms with Gasteiger partial charge in [0.2, 0.25) is 5.78 Å². The third kappa shape index (κ3) is 4.62. The number of ketones is 2. The predicted molar refractivity (Wildman–Crippen MR) is 121 cm³/mol. The molecule has 1 fully saturated rings. The number of benzene rings is 2. The van der Waals surface area contributed by atoms with E-state index in [1.807, 2.05) is 0 Å². The van der Waals surface area contributed by atoms with Gasteiger partial charge in [0.25, 0.3) is 0 Å². The Morgan fingerprint density at radius 3 is 2.33 bits per heavy atom. The van der Waals surface area contributed by atoms with Crippen molar-refractivity contribution in [1.29, 1.82) is 0 Å². The molecule has 1 heterocycles. The minimum atomic E-state index is -0.661. The lowest BCUT2D eigenvalue weighted by Gasteiger charge is -2.33. The number of phenolic OH excluding ortho intramolecular Hbond substituents is 2. The maximum Gasteiger partial charge on any atom is 0.338 e. The number of unbranched alkanes of at least 4 members (excludes halogenated alkanes) is 1. The Kier molecular flexibility index (Phi) is 6.76. The maximum atomic E-state index is 12.9. The van der Waals surface area contributed by atoms with Gasteiger partial charge in [-0.3, -0.25) is 9.59 Å². The fourth-order valence-corrected chi connectivity index (χ4v) is 4.42. The minimum Gasteiger partial charge on any atom is -0.507 e. The standard InChI is InChI=1S/C25H28N2O6/c1-2-26-9-11-27(12-10-26)8-3-4-13-33-25(32)16-14-18-22(20(29)15-16)24(31)21-17(23(18)30)6-5-7-19(21)28/h5-7,14-15,28-29H,2-4,8-13H2,1H3. The zero-order valence-electron chi connectivity index (χ0n) is 18.7. The van der Waals surface area contributed by atoms with Crippen LogP contribution in [0, 0.1) is 0 Å². The molecular formula is C25H28N2O6. The summed E-state index contributed by atoms with van der Waals surface area (Å²) in [6.07, 6.45) is 1.61. The molecule has 33 heavy (non-hydrogen) atoms. The van der Waals surface area contributed by atoms with Crippen molar-refractivity contribution in [2.24, 2.45) is 0 Å². The van der Waals surface area contributed by atoms with E-state index in [4.69, 9.17) is 4.74 Å². The first-order chi connectivity index (χ1) is 15.9. The van der Waals surface area contributed by atoms with Crippen molar-refractivity contribution < 1.29 is 29.3 Å². The quantitative estimate of drug-likeness (QED) is 0.416. The Labute approximate surface area is 192 Å². The van der Waals surface area contributed by atoms with Crippen LogP contribution in [-0.4, -0.2) is 83.4 Å². The van der Waals surface area contributed by atoms with E-state index in [1.54, 1.807) is 0 Å². The molecule has 174 valence electrons. The number of aromatic hydroxyl groups is 2. The molecule has 0 atom stereocenters. The highest BCUT2D eigenvalue weighted by molar-refractivity contribution is 6.30. The molecule has 0 radical (unpaired) electrons. The normalized spacial score (nSPS) is 16.4. The number of nitrogens with zero attached hydrogens (tertiary/aromatic N) is 2. The number of phenols is 2. The molecule has 1 saturated heterocycles. The van der Waals surface area contributed by atoms with Gasteiger partial charge in [-0.15, -0.1) is 0 Å². The number of likely N-dealkylation sites (N-methyl/N-ethyl adjacent to an activating group) is 1. The summed E-state index contributed by atoms with van der Waals surface area (Å²) in [6.45, 7) is 8.70. The van der Waals surface area contributed by atoms with Crippen LogP contribution < -0.4 is 0 Å². The first-order valence-electron chi connectivity index (χ1n) is 11.3. The summed E-state index contributed by atoms with van der Waals surface area (Å²) >= 11 is 0. The smallest absolute Gasteiger partial charge is 0.338 e. The van der Waals surface area contributed by atoms with E-state index < -0.39 is 23.3 Å². The Morgan fingerprint density at radius 1 is 0.909 bits per heavy atom. The van der Waals surface area contributed by atoms with Crippen LogP contribution in [0.15, 0.2) is 30.3 Å². The van der Waals surface area contributed by atoms with Crippen LogP contribution in [0.5, 0.6) is 11.5 Å². The summed E-state index contributed by atoms with van der Waals surface area (Å²) in [5.41, 5.74) is -0.384. The number of hydrogen-bond donors (Lipinski definition) is 2. The van der Waals surface area contributed by atoms with Gasteiger partial charge in [0.05, 0.1) is 23.3 Å². The van der Waals surface area contributed by atoms with Gasteiger partial charge in [0.1, 0.15) is 11.5 Å². The van der Waals surface area contributed by atoms with Gasteiger partial charge in [-0.05, 0) is 44.1 Å². The highest BCUT2D eigenvalue weighted by Gasteiger charge is 2.35. The Hall–Kier alpha value is -3.23. The largest absolute Gasteiger partial charge is 0.507 e. The number of fused-ring (bicyclic) bond motifs is 2. The first-order valence-corrected chi connectivity index (χ1v) is 11.3. The number of rotatable bonds is 7. The molecule has 2 aromatic carbocycles. The van der Waals surface area contributed by atoms with Crippen LogP contribution in [0.3, 0.4) is 0 Å². The van der Waals surface area contributed by atoms with E-state index in [9.17, 15) is 24.6 Å². The van der Waals surface area contributed by atoms with Crippen molar-refractivity contribution >= 4 is 17.5 Å². The van der Waals surface area contributed by atoms with Gasteiger partial charge < -0.3 is 24.7 Å². The van der Waals surface area contributed by atoms with Crippen molar-refractivity contribution in [3.63, 3.8) is 0 Å². The summed E-state index contributed by atoms with van der Waals surface area (Å²) in [6, 6.07) is 6.61. The molecule has 1 aliphatic carbocycles. The molecular weight excluding hydrogens is 424 g/mol. The Balaban J connectivity index is 1.36. The van der Waals surface area contributed by atoms with Crippen molar-refractivity contribution in [1.82, 2.24) is 9.80 Å². The molecule has 8 nitrogen and oxygen atoms in total. The second-order valence-corrected chi connectivity index (χ2v) is 8.39. The second-order valence-electron chi connectivity index (χ2n) is 8.39. The molecule has 8 heteroatoms. The van der Waals surface area contributed by atoms with Crippen LogP contribution >= 0.6 is 0 Å². The van der Waals surface area contributed by atoms with Crippen LogP contribution in [-0.2, 0) is 4.74 Å². The van der Waals surface area contributed by atoms with E-state index in [0.717, 1.165) is 51.8 Å². The van der Waals surface area contributed by atoms with Crippen molar-refractivity contribution in [2.45, 2.75) is 19.8 Å². The maximum absolute atomic E-state index is 12.9. The highest BCUT2D eigenvalue weighted by Crippen LogP contribution is 2.37. The van der Waals surface area contributed by atoms with E-state index in [0.29, 0.717) is 6.42 Å². The monoisotopic (exact) mass is 452 g/mol. The number of esters is 1. The van der Waals surface area contributed by atoms with Gasteiger partial charge in [-0.1, -0.05) is 19.1 Å². The predicted octanol–water partition coefficient (Wildman–Crippen LogP) is 2.45. The number of carbonyl (C=O) groups is 3. The van der Waals surface area contributed by atoms with Gasteiger partial charge in [-0.25, -0.2) is 4.79 Å². The second kappa shape index (κ2) is 9.72. The van der Waals surface area contributed by atoms with Crippen molar-refractivity contribution in [3.8, 4) is 11.5 Å². The van der Waals surface area contributed by atoms with Crippen LogP contribution in [0.2, 0.25) is 0 Å². The van der Waals surface area contributed by atoms with E-state index in [-0.39, 0.29) is 40.2 Å². The van der Waals surface area contributed by atoms with E-state index in [2.05, 4.69) is 16.7 Å². The van der Waals surface area contributed by atoms with E-state index in [1.165, 1.54) is 24.3 Å². The summed E-state index contributed by atoms with van der Waals surface area (Å²) in [4.78, 5) is 43.0. The summed E-state index contributed by atoms with van der Waals surface area (Å²) < 4.78 is 5.34. The highest BCUT2D eigenvalue weighted by atomic mass is 16.5. The third-order valence-corrected chi connectivity index (χ3v) is 6.35. The average Bonchev–Trinajstić information content (AvgIpc) is 2.82. The fraction of sp³-hybridized carbons (Fsp3) is 0.400. The summed E-state index contributed by atoms with van der Waals surface area (Å²) in [5, 5.41) is 20.4.